The number of hydrazone groups is 1. The molecule has 6 rings (SSSR count). The Morgan fingerprint density at radius 1 is 1.03 bits per heavy atom. The van der Waals surface area contributed by atoms with Crippen LogP contribution in [0.2, 0.25) is 0 Å². The summed E-state index contributed by atoms with van der Waals surface area (Å²) in [6.07, 6.45) is 9.19. The highest BCUT2D eigenvalue weighted by Gasteiger charge is 2.64. The first kappa shape index (κ1) is 24.2. The number of hydrogen-bond acceptors (Lipinski definition) is 5. The van der Waals surface area contributed by atoms with E-state index >= 15 is 0 Å². The molecule has 2 heterocycles. The van der Waals surface area contributed by atoms with E-state index in [0.717, 1.165) is 57.3 Å². The number of piperidine rings is 2. The number of carbonyl (C=O) groups is 1. The molecule has 35 heavy (non-hydrogen) atoms. The van der Waals surface area contributed by atoms with Crippen LogP contribution in [0, 0.1) is 52.8 Å². The third-order valence-corrected chi connectivity index (χ3v) is 12.1. The van der Waals surface area contributed by atoms with Crippen molar-refractivity contribution in [3.63, 3.8) is 0 Å². The molecule has 6 fully saturated rings. The highest BCUT2D eigenvalue weighted by molar-refractivity contribution is 5.90. The Labute approximate surface area is 210 Å². The zero-order valence-corrected chi connectivity index (χ0v) is 21.8. The van der Waals surface area contributed by atoms with Crippen molar-refractivity contribution in [1.29, 1.82) is 0 Å². The smallest absolute Gasteiger partial charge is 0.332 e. The van der Waals surface area contributed by atoms with Gasteiger partial charge in [0.05, 0.1) is 11.7 Å². The Kier molecular flexibility index (Phi) is 5.82. The van der Waals surface area contributed by atoms with Crippen LogP contribution in [-0.2, 0) is 0 Å². The fourth-order valence-electron chi connectivity index (χ4n) is 10.6. The number of amides is 2. The van der Waals surface area contributed by atoms with E-state index in [4.69, 9.17) is 5.73 Å². The minimum absolute atomic E-state index is 0.104. The van der Waals surface area contributed by atoms with E-state index in [0.29, 0.717) is 47.5 Å². The average Bonchev–Trinajstić information content (AvgIpc) is 3.18. The molecule has 0 bridgehead atoms. The molecule has 0 aromatic rings. The summed E-state index contributed by atoms with van der Waals surface area (Å²) in [6, 6.07) is -0.294. The van der Waals surface area contributed by atoms with Gasteiger partial charge in [0.25, 0.3) is 0 Å². The molecule has 12 atom stereocenters. The van der Waals surface area contributed by atoms with Crippen molar-refractivity contribution in [1.82, 2.24) is 10.3 Å². The Morgan fingerprint density at radius 2 is 1.83 bits per heavy atom. The molecule has 6 aliphatic rings. The van der Waals surface area contributed by atoms with Gasteiger partial charge in [-0.3, -0.25) is 4.90 Å². The summed E-state index contributed by atoms with van der Waals surface area (Å²) >= 11 is 0. The predicted molar refractivity (Wildman–Crippen MR) is 135 cm³/mol. The maximum atomic E-state index is 11.9. The zero-order valence-electron chi connectivity index (χ0n) is 21.8. The molecular weight excluding hydrogens is 440 g/mol. The lowest BCUT2D eigenvalue weighted by atomic mass is 9.51. The van der Waals surface area contributed by atoms with Crippen molar-refractivity contribution in [2.75, 3.05) is 13.1 Å². The largest absolute Gasteiger partial charge is 0.393 e. The van der Waals surface area contributed by atoms with Crippen molar-refractivity contribution in [2.45, 2.75) is 96.3 Å². The number of nitrogens with one attached hydrogen (secondary N) is 1. The lowest BCUT2D eigenvalue weighted by Crippen LogP contribution is -2.67. The molecule has 0 unspecified atom stereocenters. The molecule has 0 aromatic heterocycles. The number of hydrogen-bond donors (Lipinski definition) is 4. The first-order valence-electron chi connectivity index (χ1n) is 14.4. The summed E-state index contributed by atoms with van der Waals surface area (Å²) in [7, 11) is 0. The first-order valence-corrected chi connectivity index (χ1v) is 14.4. The summed E-state index contributed by atoms with van der Waals surface area (Å²) in [5.74, 6) is 4.42. The third-order valence-electron chi connectivity index (χ3n) is 12.1. The molecule has 0 aromatic carbocycles. The van der Waals surface area contributed by atoms with Crippen molar-refractivity contribution < 1.29 is 15.0 Å². The van der Waals surface area contributed by atoms with Crippen LogP contribution in [0.1, 0.15) is 78.6 Å². The van der Waals surface area contributed by atoms with Gasteiger partial charge >= 0.3 is 6.03 Å². The van der Waals surface area contributed by atoms with E-state index in [9.17, 15) is 15.0 Å². The lowest BCUT2D eigenvalue weighted by molar-refractivity contribution is -0.175. The van der Waals surface area contributed by atoms with Crippen LogP contribution in [0.5, 0.6) is 0 Å². The second kappa shape index (κ2) is 8.42. The topological polar surface area (TPSA) is 111 Å². The first-order chi connectivity index (χ1) is 16.6. The van der Waals surface area contributed by atoms with E-state index < -0.39 is 11.6 Å². The molecule has 4 saturated carbocycles. The van der Waals surface area contributed by atoms with Gasteiger partial charge in [0.1, 0.15) is 0 Å². The number of aliphatic hydroxyl groups is 2. The van der Waals surface area contributed by atoms with Gasteiger partial charge in [0.15, 0.2) is 0 Å². The highest BCUT2D eigenvalue weighted by Crippen LogP contribution is 2.66. The molecule has 5 N–H and O–H groups in total. The van der Waals surface area contributed by atoms with Crippen LogP contribution >= 0.6 is 0 Å². The van der Waals surface area contributed by atoms with E-state index in [-0.39, 0.29) is 17.4 Å². The summed E-state index contributed by atoms with van der Waals surface area (Å²) in [4.78, 5) is 14.1. The molecule has 0 spiro atoms. The van der Waals surface area contributed by atoms with Gasteiger partial charge in [-0.1, -0.05) is 13.8 Å². The third kappa shape index (κ3) is 3.70. The molecule has 7 heteroatoms. The minimum atomic E-state index is -0.614. The molecule has 196 valence electrons. The minimum Gasteiger partial charge on any atom is -0.393 e. The van der Waals surface area contributed by atoms with E-state index in [1.54, 1.807) is 0 Å². The Bertz CT molecular complexity index is 891. The summed E-state index contributed by atoms with van der Waals surface area (Å²) in [5, 5.41) is 27.0. The summed E-state index contributed by atoms with van der Waals surface area (Å²) < 4.78 is 0. The van der Waals surface area contributed by atoms with Crippen molar-refractivity contribution in [3.8, 4) is 0 Å². The van der Waals surface area contributed by atoms with Crippen molar-refractivity contribution in [3.05, 3.63) is 0 Å². The van der Waals surface area contributed by atoms with Gasteiger partial charge in [0.2, 0.25) is 0 Å². The summed E-state index contributed by atoms with van der Waals surface area (Å²) in [6.45, 7) is 9.24. The Morgan fingerprint density at radius 3 is 2.60 bits per heavy atom. The van der Waals surface area contributed by atoms with Crippen LogP contribution in [-0.4, -0.2) is 57.7 Å². The predicted octanol–water partition coefficient (Wildman–Crippen LogP) is 3.34. The van der Waals surface area contributed by atoms with Gasteiger partial charge in [-0.15, -0.1) is 0 Å². The van der Waals surface area contributed by atoms with Crippen LogP contribution in [0.25, 0.3) is 0 Å². The standard InChI is InChI=1S/C28H46N4O3/c1-15-4-7-25-28(3,35)21-6-5-17-18(20(21)14-32(25)13-15)11-22-19(17)12-24(30-31-26(29)34)23-10-16(33)8-9-27(22,23)2/h15-23,25,33,35H,4-14H2,1-3H3,(H3,29,31,34)/b30-24+/t15-,16+,17-,18-,19-,20+,21+,22+,23-,25+,27-,28+/m1/s1. The lowest BCUT2D eigenvalue weighted by Gasteiger charge is -2.59. The number of urea groups is 1. The van der Waals surface area contributed by atoms with E-state index in [2.05, 4.69) is 36.2 Å². The molecule has 4 aliphatic carbocycles. The number of fused-ring (bicyclic) bond motifs is 8. The van der Waals surface area contributed by atoms with Gasteiger partial charge in [-0.05, 0) is 112 Å². The Balaban J connectivity index is 1.32. The zero-order chi connectivity index (χ0) is 24.7. The van der Waals surface area contributed by atoms with E-state index in [1.807, 2.05) is 0 Å². The number of aliphatic hydroxyl groups excluding tert-OH is 1. The SMILES string of the molecule is C[C@@H]1CC[C@@H]2N(C1)C[C@H]1[C@@H]3C[C@H]4[C@H](C/C(=N\NC(N)=O)[C@H]5C[C@@H](O)CC[C@@]54C)[C@@H]3CC[C@@H]1[C@]2(C)O. The maximum Gasteiger partial charge on any atom is 0.332 e. The highest BCUT2D eigenvalue weighted by atomic mass is 16.3. The van der Waals surface area contributed by atoms with Crippen LogP contribution in [0.3, 0.4) is 0 Å². The number of primary amides is 1. The quantitative estimate of drug-likeness (QED) is 0.426. The normalized spacial score (nSPS) is 54.7. The van der Waals surface area contributed by atoms with Gasteiger partial charge in [-0.25, -0.2) is 10.2 Å². The Hall–Kier alpha value is -1.18. The number of nitrogens with zero attached hydrogens (tertiary/aromatic N) is 2. The second-order valence-electron chi connectivity index (χ2n) is 13.8. The van der Waals surface area contributed by atoms with Crippen LogP contribution in [0.15, 0.2) is 5.10 Å². The molecule has 2 amide bonds. The monoisotopic (exact) mass is 486 g/mol. The molecule has 2 saturated heterocycles. The number of nitrogens with two attached hydrogens (primary N) is 1. The molecule has 0 radical (unpaired) electrons. The van der Waals surface area contributed by atoms with Crippen LogP contribution in [0.4, 0.5) is 4.79 Å². The molecular formula is C28H46N4O3. The van der Waals surface area contributed by atoms with E-state index in [1.165, 1.54) is 19.3 Å². The summed E-state index contributed by atoms with van der Waals surface area (Å²) in [5.41, 5.74) is 8.47. The van der Waals surface area contributed by atoms with Gasteiger partial charge in [-0.2, -0.15) is 5.10 Å². The van der Waals surface area contributed by atoms with Gasteiger partial charge < -0.3 is 15.9 Å². The average molecular weight is 487 g/mol. The van der Waals surface area contributed by atoms with Crippen LogP contribution < -0.4 is 11.2 Å². The maximum absolute atomic E-state index is 11.9. The van der Waals surface area contributed by atoms with Crippen molar-refractivity contribution in [2.24, 2.45) is 63.6 Å². The molecule has 2 aliphatic heterocycles. The fraction of sp³-hybridized carbons (Fsp3) is 0.929. The number of carbonyl (C=O) groups excluding carboxylic acids is 1. The molecule has 7 nitrogen and oxygen atoms in total. The van der Waals surface area contributed by atoms with Crippen molar-refractivity contribution >= 4 is 11.7 Å². The second-order valence-corrected chi connectivity index (χ2v) is 13.8. The fourth-order valence-corrected chi connectivity index (χ4v) is 10.6. The number of rotatable bonds is 1. The van der Waals surface area contributed by atoms with Gasteiger partial charge in [0, 0.05) is 30.8 Å².